The van der Waals surface area contributed by atoms with Gasteiger partial charge in [0.2, 0.25) is 0 Å². The van der Waals surface area contributed by atoms with Crippen LogP contribution in [0.4, 0.5) is 10.1 Å². The molecule has 5 aliphatic rings. The van der Waals surface area contributed by atoms with Crippen LogP contribution >= 0.6 is 0 Å². The zero-order valence-electron chi connectivity index (χ0n) is 19.5. The molecule has 4 aliphatic carbocycles. The number of carbonyl (C=O) groups excluding carboxylic acids is 2. The molecule has 2 unspecified atom stereocenters. The second-order valence-corrected chi connectivity index (χ2v) is 10.9. The quantitative estimate of drug-likeness (QED) is 0.598. The van der Waals surface area contributed by atoms with E-state index in [0.717, 1.165) is 49.8 Å². The van der Waals surface area contributed by atoms with Crippen molar-refractivity contribution < 1.29 is 23.5 Å². The highest BCUT2D eigenvalue weighted by Gasteiger charge is 2.62. The number of halogens is 1. The molecular weight excluding hydrogens is 433 g/mol. The number of amides is 1. The van der Waals surface area contributed by atoms with Gasteiger partial charge in [0, 0.05) is 18.3 Å². The molecule has 1 heterocycles. The number of hydrogen-bond donors (Lipinski definition) is 0. The lowest BCUT2D eigenvalue weighted by atomic mass is 9.43. The van der Waals surface area contributed by atoms with Crippen molar-refractivity contribution in [1.29, 1.82) is 0 Å². The molecule has 7 rings (SSSR count). The molecule has 6 heteroatoms. The van der Waals surface area contributed by atoms with Gasteiger partial charge in [0.15, 0.2) is 6.61 Å². The highest BCUT2D eigenvalue weighted by atomic mass is 19.1. The van der Waals surface area contributed by atoms with Crippen LogP contribution in [0.25, 0.3) is 0 Å². The molecule has 0 saturated heterocycles. The summed E-state index contributed by atoms with van der Waals surface area (Å²) in [6.07, 6.45) is 5.88. The van der Waals surface area contributed by atoms with Crippen LogP contribution in [0.15, 0.2) is 42.5 Å². The van der Waals surface area contributed by atoms with E-state index >= 15 is 4.39 Å². The first kappa shape index (κ1) is 21.6. The third-order valence-electron chi connectivity index (χ3n) is 8.76. The van der Waals surface area contributed by atoms with Crippen LogP contribution in [-0.2, 0) is 26.2 Å². The van der Waals surface area contributed by atoms with Gasteiger partial charge in [0.05, 0.1) is 12.5 Å². The monoisotopic (exact) mass is 463 g/mol. The van der Waals surface area contributed by atoms with Gasteiger partial charge in [-0.3, -0.25) is 9.59 Å². The predicted molar refractivity (Wildman–Crippen MR) is 125 cm³/mol. The standard InChI is InChI=1S/C28H30FNO4/c1-33-21-6-7-22(23(29)11-21)27-12-18-10-19(13-27)15-28(14-18,17-27)26(32)34-16-25(31)30-9-8-20-4-2-3-5-24(20)30/h2-7,11,18-19H,8-10,12-17H2,1H3. The van der Waals surface area contributed by atoms with Crippen molar-refractivity contribution in [2.45, 2.75) is 50.4 Å². The van der Waals surface area contributed by atoms with Crippen LogP contribution in [0.5, 0.6) is 5.75 Å². The van der Waals surface area contributed by atoms with E-state index in [1.54, 1.807) is 4.90 Å². The van der Waals surface area contributed by atoms with E-state index in [1.165, 1.54) is 13.2 Å². The lowest BCUT2D eigenvalue weighted by molar-refractivity contribution is -0.175. The molecule has 34 heavy (non-hydrogen) atoms. The molecule has 0 radical (unpaired) electrons. The molecule has 4 saturated carbocycles. The molecule has 178 valence electrons. The number of rotatable bonds is 5. The molecule has 0 N–H and O–H groups in total. The Labute approximate surface area is 199 Å². The summed E-state index contributed by atoms with van der Waals surface area (Å²) in [7, 11) is 1.53. The van der Waals surface area contributed by atoms with E-state index in [0.29, 0.717) is 36.1 Å². The maximum Gasteiger partial charge on any atom is 0.312 e. The van der Waals surface area contributed by atoms with Gasteiger partial charge in [-0.15, -0.1) is 0 Å². The zero-order chi connectivity index (χ0) is 23.5. The normalized spacial score (nSPS) is 30.8. The Kier molecular flexibility index (Phi) is 4.98. The summed E-state index contributed by atoms with van der Waals surface area (Å²) in [6.45, 7) is 0.374. The summed E-state index contributed by atoms with van der Waals surface area (Å²) in [4.78, 5) is 28.1. The fraction of sp³-hybridized carbons (Fsp3) is 0.500. The Morgan fingerprint density at radius 2 is 1.85 bits per heavy atom. The zero-order valence-corrected chi connectivity index (χ0v) is 19.5. The summed E-state index contributed by atoms with van der Waals surface area (Å²) in [5.41, 5.74) is 1.78. The Bertz CT molecular complexity index is 1150. The summed E-state index contributed by atoms with van der Waals surface area (Å²) < 4.78 is 26.1. The molecule has 2 atom stereocenters. The summed E-state index contributed by atoms with van der Waals surface area (Å²) in [5, 5.41) is 0. The van der Waals surface area contributed by atoms with E-state index in [4.69, 9.17) is 9.47 Å². The third-order valence-corrected chi connectivity index (χ3v) is 8.76. The number of hydrogen-bond acceptors (Lipinski definition) is 4. The first-order valence-electron chi connectivity index (χ1n) is 12.3. The SMILES string of the molecule is COc1ccc(C23CC4CC(CC(C(=O)OCC(=O)N5CCc6ccccc65)(C4)C2)C3)c(F)c1. The van der Waals surface area contributed by atoms with E-state index in [-0.39, 0.29) is 29.7 Å². The maximum atomic E-state index is 15.2. The van der Waals surface area contributed by atoms with Crippen molar-refractivity contribution >= 4 is 17.6 Å². The molecule has 5 nitrogen and oxygen atoms in total. The predicted octanol–water partition coefficient (Wildman–Crippen LogP) is 4.80. The number of methoxy groups -OCH3 is 1. The molecule has 0 aromatic heterocycles. The lowest BCUT2D eigenvalue weighted by Gasteiger charge is -2.61. The fourth-order valence-corrected chi connectivity index (χ4v) is 7.82. The van der Waals surface area contributed by atoms with Gasteiger partial charge in [-0.05, 0) is 85.5 Å². The van der Waals surface area contributed by atoms with Gasteiger partial charge in [0.25, 0.3) is 5.91 Å². The molecule has 1 amide bonds. The molecule has 1 aliphatic heterocycles. The van der Waals surface area contributed by atoms with E-state index < -0.39 is 5.41 Å². The molecule has 0 spiro atoms. The number of benzene rings is 2. The van der Waals surface area contributed by atoms with E-state index in [2.05, 4.69) is 0 Å². The van der Waals surface area contributed by atoms with Gasteiger partial charge in [0.1, 0.15) is 11.6 Å². The van der Waals surface area contributed by atoms with Crippen molar-refractivity contribution in [3.8, 4) is 5.75 Å². The van der Waals surface area contributed by atoms with Gasteiger partial charge in [-0.1, -0.05) is 24.3 Å². The number of fused-ring (bicyclic) bond motifs is 1. The van der Waals surface area contributed by atoms with Gasteiger partial charge in [-0.2, -0.15) is 0 Å². The lowest BCUT2D eigenvalue weighted by Crippen LogP contribution is -2.57. The van der Waals surface area contributed by atoms with Crippen LogP contribution in [0.3, 0.4) is 0 Å². The fourth-order valence-electron chi connectivity index (χ4n) is 7.82. The first-order valence-corrected chi connectivity index (χ1v) is 12.3. The van der Waals surface area contributed by atoms with Crippen molar-refractivity contribution in [3.05, 3.63) is 59.4 Å². The smallest absolute Gasteiger partial charge is 0.312 e. The Balaban J connectivity index is 1.21. The minimum absolute atomic E-state index is 0.182. The molecular formula is C28H30FNO4. The van der Waals surface area contributed by atoms with E-state index in [1.807, 2.05) is 36.4 Å². The summed E-state index contributed by atoms with van der Waals surface area (Å²) in [6, 6.07) is 13.0. The van der Waals surface area contributed by atoms with Crippen molar-refractivity contribution in [3.63, 3.8) is 0 Å². The Hall–Kier alpha value is -2.89. The van der Waals surface area contributed by atoms with Crippen LogP contribution in [0, 0.1) is 23.1 Å². The van der Waals surface area contributed by atoms with Crippen LogP contribution in [0.2, 0.25) is 0 Å². The summed E-state index contributed by atoms with van der Waals surface area (Å²) in [5.74, 6) is 0.558. The number of carbonyl (C=O) groups is 2. The first-order chi connectivity index (χ1) is 16.4. The average Bonchev–Trinajstić information content (AvgIpc) is 3.25. The minimum atomic E-state index is -0.625. The van der Waals surface area contributed by atoms with Gasteiger partial charge in [-0.25, -0.2) is 4.39 Å². The van der Waals surface area contributed by atoms with E-state index in [9.17, 15) is 9.59 Å². The third kappa shape index (κ3) is 3.33. The average molecular weight is 464 g/mol. The minimum Gasteiger partial charge on any atom is -0.497 e. The van der Waals surface area contributed by atoms with Crippen molar-refractivity contribution in [2.24, 2.45) is 17.3 Å². The Morgan fingerprint density at radius 3 is 2.59 bits per heavy atom. The van der Waals surface area contributed by atoms with Crippen molar-refractivity contribution in [1.82, 2.24) is 0 Å². The second kappa shape index (κ2) is 7.82. The van der Waals surface area contributed by atoms with Crippen LogP contribution in [-0.4, -0.2) is 32.1 Å². The number of para-hydroxylation sites is 1. The van der Waals surface area contributed by atoms with Crippen LogP contribution < -0.4 is 9.64 Å². The van der Waals surface area contributed by atoms with Gasteiger partial charge >= 0.3 is 5.97 Å². The highest BCUT2D eigenvalue weighted by molar-refractivity contribution is 5.97. The Morgan fingerprint density at radius 1 is 1.09 bits per heavy atom. The second-order valence-electron chi connectivity index (χ2n) is 10.9. The van der Waals surface area contributed by atoms with Gasteiger partial charge < -0.3 is 14.4 Å². The number of anilines is 1. The molecule has 4 bridgehead atoms. The molecule has 2 aromatic carbocycles. The maximum absolute atomic E-state index is 15.2. The topological polar surface area (TPSA) is 55.8 Å². The molecule has 4 fully saturated rings. The van der Waals surface area contributed by atoms with Crippen molar-refractivity contribution in [2.75, 3.05) is 25.2 Å². The number of ether oxygens (including phenoxy) is 2. The number of nitrogens with zero attached hydrogens (tertiary/aromatic N) is 1. The number of esters is 1. The molecule has 2 aromatic rings. The highest BCUT2D eigenvalue weighted by Crippen LogP contribution is 2.66. The van der Waals surface area contributed by atoms with Crippen LogP contribution in [0.1, 0.15) is 49.7 Å². The largest absolute Gasteiger partial charge is 0.497 e. The summed E-state index contributed by atoms with van der Waals surface area (Å²) >= 11 is 0.